The third-order valence-corrected chi connectivity index (χ3v) is 0.762. The van der Waals surface area contributed by atoms with Gasteiger partial charge in [0.25, 0.3) is 0 Å². The highest BCUT2D eigenvalue weighted by Crippen LogP contribution is 1.86. The maximum atomic E-state index is 10.4. The van der Waals surface area contributed by atoms with Crippen LogP contribution in [0.3, 0.4) is 0 Å². The van der Waals surface area contributed by atoms with Crippen molar-refractivity contribution >= 4 is 0 Å². The number of hydroxylamine groups is 3. The van der Waals surface area contributed by atoms with Crippen molar-refractivity contribution in [2.24, 2.45) is 0 Å². The zero-order valence-electron chi connectivity index (χ0n) is 4.56. The van der Waals surface area contributed by atoms with Crippen molar-refractivity contribution in [3.8, 4) is 0 Å². The summed E-state index contributed by atoms with van der Waals surface area (Å²) in [4.78, 5) is 0. The minimum absolute atomic E-state index is 0. The van der Waals surface area contributed by atoms with E-state index in [0.29, 0.717) is 6.54 Å². The van der Waals surface area contributed by atoms with Gasteiger partial charge in [-0.1, -0.05) is 14.9 Å². The topological polar surface area (TPSA) is 23.1 Å². The van der Waals surface area contributed by atoms with Crippen molar-refractivity contribution in [1.82, 2.24) is 0 Å². The Bertz CT molecular complexity index is 38.3. The number of hydrogen-bond acceptors (Lipinski definition) is 1. The SMILES string of the molecule is C.C.CC[N+](C)(C)[O-]. The quantitative estimate of drug-likeness (QED) is 0.383. The summed E-state index contributed by atoms with van der Waals surface area (Å²) in [5, 5.41) is 10.4. The molecule has 0 atom stereocenters. The molecule has 0 fully saturated rings. The molecule has 0 radical (unpaired) electrons. The van der Waals surface area contributed by atoms with Crippen molar-refractivity contribution in [3.63, 3.8) is 0 Å². The van der Waals surface area contributed by atoms with Crippen molar-refractivity contribution in [1.29, 1.82) is 0 Å². The van der Waals surface area contributed by atoms with Crippen molar-refractivity contribution in [3.05, 3.63) is 5.21 Å². The number of nitrogens with zero attached hydrogens (tertiary/aromatic N) is 1. The van der Waals surface area contributed by atoms with Gasteiger partial charge in [-0.25, -0.2) is 0 Å². The summed E-state index contributed by atoms with van der Waals surface area (Å²) in [5.41, 5.74) is 0. The first-order valence-electron chi connectivity index (χ1n) is 2.10. The van der Waals surface area contributed by atoms with E-state index in [0.717, 1.165) is 0 Å². The van der Waals surface area contributed by atoms with E-state index >= 15 is 0 Å². The molecule has 0 rings (SSSR count). The predicted molar refractivity (Wildman–Crippen MR) is 39.5 cm³/mol. The lowest BCUT2D eigenvalue weighted by Gasteiger charge is -2.31. The summed E-state index contributed by atoms with van der Waals surface area (Å²) < 4.78 is -0.181. The molecule has 8 heavy (non-hydrogen) atoms. The smallest absolute Gasteiger partial charge is 0.0751 e. The summed E-state index contributed by atoms with van der Waals surface area (Å²) in [7, 11) is 3.25. The minimum atomic E-state index is -0.181. The molecule has 0 saturated heterocycles. The van der Waals surface area contributed by atoms with E-state index in [4.69, 9.17) is 0 Å². The summed E-state index contributed by atoms with van der Waals surface area (Å²) in [6.45, 7) is 2.52. The molecular weight excluding hydrogens is 102 g/mol. The summed E-state index contributed by atoms with van der Waals surface area (Å²) >= 11 is 0. The van der Waals surface area contributed by atoms with Crippen LogP contribution in [0, 0.1) is 5.21 Å². The van der Waals surface area contributed by atoms with Crippen LogP contribution >= 0.6 is 0 Å². The van der Waals surface area contributed by atoms with E-state index < -0.39 is 0 Å². The minimum Gasteiger partial charge on any atom is -0.633 e. The van der Waals surface area contributed by atoms with Crippen LogP contribution in [0.1, 0.15) is 21.8 Å². The lowest BCUT2D eigenvalue weighted by atomic mass is 10.7. The van der Waals surface area contributed by atoms with Crippen LogP contribution in [0.25, 0.3) is 0 Å². The van der Waals surface area contributed by atoms with Crippen LogP contribution in [0.5, 0.6) is 0 Å². The molecule has 54 valence electrons. The highest BCUT2D eigenvalue weighted by atomic mass is 16.5. The largest absolute Gasteiger partial charge is 0.633 e. The molecule has 0 aliphatic carbocycles. The van der Waals surface area contributed by atoms with Gasteiger partial charge in [-0.3, -0.25) is 0 Å². The van der Waals surface area contributed by atoms with Gasteiger partial charge in [0.1, 0.15) is 0 Å². The van der Waals surface area contributed by atoms with Crippen LogP contribution in [-0.4, -0.2) is 25.3 Å². The third kappa shape index (κ3) is 16.8. The zero-order chi connectivity index (χ0) is 5.21. The molecule has 0 amide bonds. The molecular formula is C6H19NO. The van der Waals surface area contributed by atoms with Gasteiger partial charge in [-0.2, -0.15) is 0 Å². The Balaban J connectivity index is -0.000000125. The van der Waals surface area contributed by atoms with Gasteiger partial charge >= 0.3 is 0 Å². The molecule has 0 aromatic rings. The Morgan fingerprint density at radius 2 is 1.38 bits per heavy atom. The molecule has 0 aliphatic heterocycles. The van der Waals surface area contributed by atoms with Gasteiger partial charge < -0.3 is 9.85 Å². The summed E-state index contributed by atoms with van der Waals surface area (Å²) in [5.74, 6) is 0. The second-order valence-corrected chi connectivity index (χ2v) is 1.89. The Hall–Kier alpha value is -0.0800. The standard InChI is InChI=1S/C4H11NO.2CH4/c1-4-5(2,3)6;;/h4H2,1-3H3;2*1H4. The molecule has 2 nitrogen and oxygen atoms in total. The van der Waals surface area contributed by atoms with Crippen molar-refractivity contribution in [2.75, 3.05) is 20.6 Å². The highest BCUT2D eigenvalue weighted by Gasteiger charge is 1.90. The fraction of sp³-hybridized carbons (Fsp3) is 1.00. The average molecular weight is 121 g/mol. The molecule has 0 spiro atoms. The third-order valence-electron chi connectivity index (χ3n) is 0.762. The molecule has 0 aliphatic rings. The van der Waals surface area contributed by atoms with E-state index in [1.54, 1.807) is 14.1 Å². The molecule has 0 bridgehead atoms. The van der Waals surface area contributed by atoms with Crippen LogP contribution in [-0.2, 0) is 0 Å². The zero-order valence-corrected chi connectivity index (χ0v) is 4.56. The Morgan fingerprint density at radius 1 is 1.25 bits per heavy atom. The van der Waals surface area contributed by atoms with Gasteiger partial charge in [0, 0.05) is 0 Å². The first-order chi connectivity index (χ1) is 2.56. The van der Waals surface area contributed by atoms with Gasteiger partial charge in [0.2, 0.25) is 0 Å². The number of quaternary nitrogens is 1. The molecule has 0 N–H and O–H groups in total. The van der Waals surface area contributed by atoms with E-state index in [-0.39, 0.29) is 19.5 Å². The Kier molecular flexibility index (Phi) is 9.92. The first-order valence-corrected chi connectivity index (χ1v) is 2.10. The lowest BCUT2D eigenvalue weighted by Crippen LogP contribution is -2.31. The maximum Gasteiger partial charge on any atom is 0.0751 e. The second kappa shape index (κ2) is 5.06. The van der Waals surface area contributed by atoms with E-state index in [9.17, 15) is 5.21 Å². The summed E-state index contributed by atoms with van der Waals surface area (Å²) in [6.07, 6.45) is 0. The fourth-order valence-corrected chi connectivity index (χ4v) is 0. The predicted octanol–water partition coefficient (Wildman–Crippen LogP) is 1.85. The molecule has 0 heterocycles. The van der Waals surface area contributed by atoms with Crippen LogP contribution in [0.15, 0.2) is 0 Å². The van der Waals surface area contributed by atoms with Gasteiger partial charge in [-0.05, 0) is 6.92 Å². The number of hydrogen-bond donors (Lipinski definition) is 0. The molecule has 2 heteroatoms. The molecule has 0 unspecified atom stereocenters. The Morgan fingerprint density at radius 3 is 1.38 bits per heavy atom. The van der Waals surface area contributed by atoms with Crippen LogP contribution < -0.4 is 0 Å². The van der Waals surface area contributed by atoms with Crippen molar-refractivity contribution in [2.45, 2.75) is 21.8 Å². The van der Waals surface area contributed by atoms with Gasteiger partial charge in [-0.15, -0.1) is 0 Å². The maximum absolute atomic E-state index is 10.4. The van der Waals surface area contributed by atoms with Crippen molar-refractivity contribution < 1.29 is 4.65 Å². The molecule has 0 aromatic heterocycles. The van der Waals surface area contributed by atoms with Gasteiger partial charge in [0.05, 0.1) is 20.6 Å². The average Bonchev–Trinajstić information content (AvgIpc) is 1.35. The van der Waals surface area contributed by atoms with E-state index in [1.165, 1.54) is 0 Å². The lowest BCUT2D eigenvalue weighted by molar-refractivity contribution is -0.837. The first kappa shape index (κ1) is 15.7. The molecule has 0 saturated carbocycles. The normalized spacial score (nSPS) is 9.00. The molecule has 0 aromatic carbocycles. The Labute approximate surface area is 53.3 Å². The second-order valence-electron chi connectivity index (χ2n) is 1.89. The van der Waals surface area contributed by atoms with E-state index in [1.807, 2.05) is 6.92 Å². The van der Waals surface area contributed by atoms with Crippen LogP contribution in [0.2, 0.25) is 0 Å². The van der Waals surface area contributed by atoms with Crippen LogP contribution in [0.4, 0.5) is 0 Å². The fourth-order valence-electron chi connectivity index (χ4n) is 0. The van der Waals surface area contributed by atoms with Gasteiger partial charge in [0.15, 0.2) is 0 Å². The summed E-state index contributed by atoms with van der Waals surface area (Å²) in [6, 6.07) is 0. The number of rotatable bonds is 1. The monoisotopic (exact) mass is 121 g/mol. The highest BCUT2D eigenvalue weighted by molar-refractivity contribution is 4.17. The van der Waals surface area contributed by atoms with E-state index in [2.05, 4.69) is 0 Å².